The van der Waals surface area contributed by atoms with Gasteiger partial charge in [0.05, 0.1) is 5.41 Å². The summed E-state index contributed by atoms with van der Waals surface area (Å²) < 4.78 is 0. The predicted molar refractivity (Wildman–Crippen MR) is 108 cm³/mol. The van der Waals surface area contributed by atoms with Gasteiger partial charge in [0, 0.05) is 37.2 Å². The van der Waals surface area contributed by atoms with Crippen molar-refractivity contribution >= 4 is 29.3 Å². The molecule has 1 aliphatic carbocycles. The normalized spacial score (nSPS) is 19.0. The minimum absolute atomic E-state index is 0.0825. The van der Waals surface area contributed by atoms with Crippen LogP contribution in [0, 0.1) is 0 Å². The predicted octanol–water partition coefficient (Wildman–Crippen LogP) is 2.35. The molecule has 7 heteroatoms. The third-order valence-corrected chi connectivity index (χ3v) is 5.98. The number of halogens is 1. The summed E-state index contributed by atoms with van der Waals surface area (Å²) in [5.74, 6) is -0.969. The van der Waals surface area contributed by atoms with Crippen LogP contribution in [0.4, 0.5) is 0 Å². The third kappa shape index (κ3) is 4.17. The van der Waals surface area contributed by atoms with Crippen LogP contribution >= 0.6 is 11.6 Å². The van der Waals surface area contributed by atoms with E-state index in [-0.39, 0.29) is 11.9 Å². The Morgan fingerprint density at radius 3 is 2.04 bits per heavy atom. The number of rotatable bonds is 3. The van der Waals surface area contributed by atoms with Crippen molar-refractivity contribution in [2.24, 2.45) is 0 Å². The fourth-order valence-electron chi connectivity index (χ4n) is 4.26. The van der Waals surface area contributed by atoms with Gasteiger partial charge in [-0.05, 0) is 44.4 Å². The smallest absolute Gasteiger partial charge is 0.312 e. The molecule has 0 spiro atoms. The quantitative estimate of drug-likeness (QED) is 0.785. The second kappa shape index (κ2) is 8.52. The van der Waals surface area contributed by atoms with Crippen LogP contribution in [0.2, 0.25) is 5.02 Å². The van der Waals surface area contributed by atoms with Gasteiger partial charge < -0.3 is 15.1 Å². The highest BCUT2D eigenvalue weighted by molar-refractivity contribution is 6.35. The zero-order valence-electron chi connectivity index (χ0n) is 16.5. The summed E-state index contributed by atoms with van der Waals surface area (Å²) in [6.07, 6.45) is 3.73. The number of piperazine rings is 1. The van der Waals surface area contributed by atoms with Gasteiger partial charge in [0.15, 0.2) is 0 Å². The second-order valence-corrected chi connectivity index (χ2v) is 8.45. The van der Waals surface area contributed by atoms with E-state index in [0.717, 1.165) is 31.2 Å². The Morgan fingerprint density at radius 1 is 0.964 bits per heavy atom. The van der Waals surface area contributed by atoms with Crippen molar-refractivity contribution in [2.75, 3.05) is 26.2 Å². The summed E-state index contributed by atoms with van der Waals surface area (Å²) in [6, 6.07) is 7.52. The van der Waals surface area contributed by atoms with Gasteiger partial charge in [0.2, 0.25) is 5.91 Å². The van der Waals surface area contributed by atoms with Crippen LogP contribution in [0.25, 0.3) is 0 Å². The lowest BCUT2D eigenvalue weighted by molar-refractivity contribution is -0.149. The van der Waals surface area contributed by atoms with Gasteiger partial charge in [-0.15, -0.1) is 0 Å². The Bertz CT molecular complexity index is 734. The molecule has 152 valence electrons. The molecule has 2 aliphatic rings. The highest BCUT2D eigenvalue weighted by Gasteiger charge is 2.45. The number of amides is 3. The molecule has 3 amide bonds. The van der Waals surface area contributed by atoms with E-state index in [1.165, 1.54) is 4.90 Å². The number of benzene rings is 1. The van der Waals surface area contributed by atoms with Gasteiger partial charge in [-0.25, -0.2) is 0 Å². The van der Waals surface area contributed by atoms with E-state index < -0.39 is 17.2 Å². The molecular weight excluding hydrogens is 378 g/mol. The average molecular weight is 406 g/mol. The molecule has 1 aromatic carbocycles. The highest BCUT2D eigenvalue weighted by Crippen LogP contribution is 2.43. The monoisotopic (exact) mass is 405 g/mol. The van der Waals surface area contributed by atoms with Crippen molar-refractivity contribution in [3.05, 3.63) is 34.9 Å². The molecular formula is C21H28ClN3O3. The first-order valence-electron chi connectivity index (χ1n) is 9.99. The fraction of sp³-hybridized carbons (Fsp3) is 0.571. The highest BCUT2D eigenvalue weighted by atomic mass is 35.5. The summed E-state index contributed by atoms with van der Waals surface area (Å²) in [4.78, 5) is 41.1. The van der Waals surface area contributed by atoms with Crippen LogP contribution in [0.5, 0.6) is 0 Å². The van der Waals surface area contributed by atoms with Gasteiger partial charge in [-0.1, -0.05) is 36.6 Å². The molecule has 1 N–H and O–H groups in total. The van der Waals surface area contributed by atoms with E-state index >= 15 is 0 Å². The molecule has 1 saturated carbocycles. The average Bonchev–Trinajstić information content (AvgIpc) is 3.18. The molecule has 0 bridgehead atoms. The fourth-order valence-corrected chi connectivity index (χ4v) is 4.38. The number of nitrogens with one attached hydrogen (secondary N) is 1. The zero-order valence-corrected chi connectivity index (χ0v) is 17.3. The first-order valence-corrected chi connectivity index (χ1v) is 10.4. The van der Waals surface area contributed by atoms with Crippen LogP contribution in [0.3, 0.4) is 0 Å². The largest absolute Gasteiger partial charge is 0.346 e. The Kier molecular flexibility index (Phi) is 6.28. The topological polar surface area (TPSA) is 69.7 Å². The van der Waals surface area contributed by atoms with Crippen molar-refractivity contribution in [3.63, 3.8) is 0 Å². The van der Waals surface area contributed by atoms with E-state index in [4.69, 9.17) is 11.6 Å². The van der Waals surface area contributed by atoms with Gasteiger partial charge in [-0.3, -0.25) is 14.4 Å². The summed E-state index contributed by atoms with van der Waals surface area (Å²) >= 11 is 6.03. The number of hydrogen-bond donors (Lipinski definition) is 1. The van der Waals surface area contributed by atoms with Crippen molar-refractivity contribution in [1.82, 2.24) is 15.1 Å². The standard InChI is InChI=1S/C21H28ClN3O3/c1-15(2)23-18(26)19(27)24-11-13-25(14-12-24)20(28)21(9-3-4-10-21)16-5-7-17(22)8-6-16/h5-8,15H,3-4,9-14H2,1-2H3,(H,23,26). The summed E-state index contributed by atoms with van der Waals surface area (Å²) in [7, 11) is 0. The van der Waals surface area contributed by atoms with Gasteiger partial charge in [-0.2, -0.15) is 0 Å². The van der Waals surface area contributed by atoms with Crippen molar-refractivity contribution < 1.29 is 14.4 Å². The van der Waals surface area contributed by atoms with Crippen LogP contribution in [0.15, 0.2) is 24.3 Å². The maximum atomic E-state index is 13.5. The molecule has 0 aromatic heterocycles. The Hall–Kier alpha value is -2.08. The molecule has 28 heavy (non-hydrogen) atoms. The SMILES string of the molecule is CC(C)NC(=O)C(=O)N1CCN(C(=O)C2(c3ccc(Cl)cc3)CCCC2)CC1. The van der Waals surface area contributed by atoms with Crippen molar-refractivity contribution in [2.45, 2.75) is 51.0 Å². The Balaban J connectivity index is 1.67. The lowest BCUT2D eigenvalue weighted by atomic mass is 9.77. The van der Waals surface area contributed by atoms with E-state index in [2.05, 4.69) is 5.32 Å². The van der Waals surface area contributed by atoms with Gasteiger partial charge >= 0.3 is 11.8 Å². The summed E-state index contributed by atoms with van der Waals surface area (Å²) in [5.41, 5.74) is 0.528. The molecule has 6 nitrogen and oxygen atoms in total. The minimum atomic E-state index is -0.580. The van der Waals surface area contributed by atoms with E-state index in [9.17, 15) is 14.4 Å². The summed E-state index contributed by atoms with van der Waals surface area (Å²) in [6.45, 7) is 5.31. The molecule has 2 fully saturated rings. The van der Waals surface area contributed by atoms with Crippen molar-refractivity contribution in [3.8, 4) is 0 Å². The number of hydrogen-bond acceptors (Lipinski definition) is 3. The molecule has 1 aromatic rings. The molecule has 3 rings (SSSR count). The van der Waals surface area contributed by atoms with Gasteiger partial charge in [0.1, 0.15) is 0 Å². The van der Waals surface area contributed by atoms with Crippen LogP contribution in [-0.4, -0.2) is 59.7 Å². The number of nitrogens with zero attached hydrogens (tertiary/aromatic N) is 2. The second-order valence-electron chi connectivity index (χ2n) is 8.01. The molecule has 0 radical (unpaired) electrons. The molecule has 0 unspecified atom stereocenters. The lowest BCUT2D eigenvalue weighted by Crippen LogP contribution is -2.57. The van der Waals surface area contributed by atoms with Crippen LogP contribution in [-0.2, 0) is 19.8 Å². The van der Waals surface area contributed by atoms with E-state index in [1.54, 1.807) is 0 Å². The zero-order chi connectivity index (χ0) is 20.3. The molecule has 1 aliphatic heterocycles. The van der Waals surface area contributed by atoms with Gasteiger partial charge in [0.25, 0.3) is 0 Å². The molecule has 0 atom stereocenters. The maximum absolute atomic E-state index is 13.5. The molecule has 1 saturated heterocycles. The van der Waals surface area contributed by atoms with E-state index in [0.29, 0.717) is 31.2 Å². The first kappa shape index (κ1) is 20.6. The Labute approximate surface area is 171 Å². The van der Waals surface area contributed by atoms with Crippen molar-refractivity contribution in [1.29, 1.82) is 0 Å². The lowest BCUT2D eigenvalue weighted by Gasteiger charge is -2.40. The van der Waals surface area contributed by atoms with Crippen LogP contribution < -0.4 is 5.32 Å². The molecule has 1 heterocycles. The van der Waals surface area contributed by atoms with E-state index in [1.807, 2.05) is 43.0 Å². The number of carbonyl (C=O) groups excluding carboxylic acids is 3. The van der Waals surface area contributed by atoms with Crippen LogP contribution in [0.1, 0.15) is 45.1 Å². The Morgan fingerprint density at radius 2 is 1.50 bits per heavy atom. The maximum Gasteiger partial charge on any atom is 0.312 e. The third-order valence-electron chi connectivity index (χ3n) is 5.73. The first-order chi connectivity index (χ1) is 13.3. The minimum Gasteiger partial charge on any atom is -0.346 e. The number of carbonyl (C=O) groups is 3. The summed E-state index contributed by atoms with van der Waals surface area (Å²) in [5, 5.41) is 3.29.